The highest BCUT2D eigenvalue weighted by atomic mass is 16.2. The summed E-state index contributed by atoms with van der Waals surface area (Å²) >= 11 is 0. The predicted molar refractivity (Wildman–Crippen MR) is 43.5 cm³/mol. The lowest BCUT2D eigenvalue weighted by atomic mass is 9.71. The molecule has 3 fully saturated rings. The summed E-state index contributed by atoms with van der Waals surface area (Å²) in [4.78, 5) is 24.1. The van der Waals surface area contributed by atoms with Crippen molar-refractivity contribution in [3.05, 3.63) is 0 Å². The Balaban J connectivity index is 2.34. The monoisotopic (exact) mass is 167 g/mol. The first-order chi connectivity index (χ1) is 5.69. The molecule has 1 saturated carbocycles. The number of hydrogen-bond acceptors (Lipinski definition) is 2. The molecule has 0 aromatic rings. The molecule has 2 heterocycles. The van der Waals surface area contributed by atoms with E-state index in [1.807, 2.05) is 0 Å². The fraction of sp³-hybridized carbons (Fsp3) is 0.778. The smallest absolute Gasteiger partial charge is 0.226 e. The van der Waals surface area contributed by atoms with Crippen LogP contribution in [0.15, 0.2) is 0 Å². The average molecular weight is 167 g/mol. The van der Waals surface area contributed by atoms with Gasteiger partial charge in [0.1, 0.15) is 6.29 Å². The molecule has 3 heteroatoms. The maximum Gasteiger partial charge on any atom is 0.226 e. The second-order valence-corrected chi connectivity index (χ2v) is 3.89. The molecule has 0 spiro atoms. The molecule has 2 aliphatic heterocycles. The summed E-state index contributed by atoms with van der Waals surface area (Å²) in [5, 5.41) is 0. The van der Waals surface area contributed by atoms with Crippen LogP contribution in [-0.4, -0.2) is 29.7 Å². The molecular formula is C9H13NO2. The Labute approximate surface area is 71.7 Å². The van der Waals surface area contributed by atoms with Gasteiger partial charge >= 0.3 is 0 Å². The topological polar surface area (TPSA) is 37.4 Å². The predicted octanol–water partition coefficient (Wildman–Crippen LogP) is 0.586. The van der Waals surface area contributed by atoms with Crippen molar-refractivity contribution in [1.29, 1.82) is 0 Å². The summed E-state index contributed by atoms with van der Waals surface area (Å²) in [7, 11) is 1.75. The number of rotatable bonds is 1. The van der Waals surface area contributed by atoms with Gasteiger partial charge in [-0.3, -0.25) is 4.79 Å². The first kappa shape index (κ1) is 7.77. The maximum absolute atomic E-state index is 11.5. The summed E-state index contributed by atoms with van der Waals surface area (Å²) in [5.74, 6) is 0.372. The third kappa shape index (κ3) is 0.765. The van der Waals surface area contributed by atoms with Crippen LogP contribution in [0.25, 0.3) is 0 Å². The van der Waals surface area contributed by atoms with Crippen LogP contribution in [-0.2, 0) is 9.59 Å². The zero-order valence-corrected chi connectivity index (χ0v) is 7.25. The molecule has 2 saturated heterocycles. The zero-order chi connectivity index (χ0) is 8.77. The Morgan fingerprint density at radius 3 is 2.50 bits per heavy atom. The quantitative estimate of drug-likeness (QED) is 0.536. The first-order valence-electron chi connectivity index (χ1n) is 4.44. The number of fused-ring (bicyclic) bond motifs is 3. The third-order valence-corrected chi connectivity index (χ3v) is 3.42. The Morgan fingerprint density at radius 2 is 2.08 bits per heavy atom. The molecule has 2 bridgehead atoms. The molecule has 0 aromatic carbocycles. The van der Waals surface area contributed by atoms with Crippen molar-refractivity contribution in [3.63, 3.8) is 0 Å². The van der Waals surface area contributed by atoms with Crippen LogP contribution < -0.4 is 0 Å². The Kier molecular flexibility index (Phi) is 1.50. The van der Waals surface area contributed by atoms with Crippen LogP contribution in [0.4, 0.5) is 0 Å². The third-order valence-electron chi connectivity index (χ3n) is 3.42. The molecule has 3 aliphatic rings. The Hall–Kier alpha value is -0.860. The van der Waals surface area contributed by atoms with E-state index in [2.05, 4.69) is 0 Å². The fourth-order valence-corrected chi connectivity index (χ4v) is 2.39. The van der Waals surface area contributed by atoms with E-state index >= 15 is 0 Å². The lowest BCUT2D eigenvalue weighted by Crippen LogP contribution is -2.60. The van der Waals surface area contributed by atoms with Crippen molar-refractivity contribution in [2.24, 2.45) is 5.92 Å². The molecule has 3 rings (SSSR count). The fourth-order valence-electron chi connectivity index (χ4n) is 2.39. The summed E-state index contributed by atoms with van der Waals surface area (Å²) in [6.45, 7) is 0. The summed E-state index contributed by atoms with van der Waals surface area (Å²) in [5.41, 5.74) is -0.439. The molecule has 0 radical (unpaired) electrons. The SMILES string of the molecule is CN1C(=O)C2CCC1(C=O)CC2. The second-order valence-electron chi connectivity index (χ2n) is 3.89. The van der Waals surface area contributed by atoms with E-state index in [0.29, 0.717) is 0 Å². The number of nitrogens with zero attached hydrogens (tertiary/aromatic N) is 1. The molecule has 0 atom stereocenters. The highest BCUT2D eigenvalue weighted by Gasteiger charge is 2.48. The van der Waals surface area contributed by atoms with Gasteiger partial charge in [-0.05, 0) is 25.7 Å². The molecule has 12 heavy (non-hydrogen) atoms. The van der Waals surface area contributed by atoms with E-state index in [4.69, 9.17) is 0 Å². The number of aldehydes is 1. The molecule has 66 valence electrons. The molecule has 1 aliphatic carbocycles. The van der Waals surface area contributed by atoms with Crippen molar-refractivity contribution < 1.29 is 9.59 Å². The molecule has 0 N–H and O–H groups in total. The van der Waals surface area contributed by atoms with E-state index < -0.39 is 5.54 Å². The molecule has 0 unspecified atom stereocenters. The lowest BCUT2D eigenvalue weighted by Gasteiger charge is -2.49. The molecular weight excluding hydrogens is 154 g/mol. The van der Waals surface area contributed by atoms with Gasteiger partial charge in [-0.25, -0.2) is 0 Å². The van der Waals surface area contributed by atoms with Gasteiger partial charge in [0.15, 0.2) is 0 Å². The summed E-state index contributed by atoms with van der Waals surface area (Å²) in [6, 6.07) is 0. The van der Waals surface area contributed by atoms with E-state index in [9.17, 15) is 9.59 Å². The van der Waals surface area contributed by atoms with Crippen molar-refractivity contribution >= 4 is 12.2 Å². The van der Waals surface area contributed by atoms with Crippen molar-refractivity contribution in [2.45, 2.75) is 31.2 Å². The lowest BCUT2D eigenvalue weighted by molar-refractivity contribution is -0.156. The van der Waals surface area contributed by atoms with Gasteiger partial charge in [0.25, 0.3) is 0 Å². The van der Waals surface area contributed by atoms with Gasteiger partial charge in [0.05, 0.1) is 5.54 Å². The first-order valence-corrected chi connectivity index (χ1v) is 4.44. The van der Waals surface area contributed by atoms with E-state index in [0.717, 1.165) is 32.0 Å². The largest absolute Gasteiger partial charge is 0.333 e. The normalized spacial score (nSPS) is 40.2. The summed E-state index contributed by atoms with van der Waals surface area (Å²) < 4.78 is 0. The Bertz CT molecular complexity index is 229. The number of likely N-dealkylation sites (N-methyl/N-ethyl adjacent to an activating group) is 1. The van der Waals surface area contributed by atoms with Crippen LogP contribution in [0.3, 0.4) is 0 Å². The van der Waals surface area contributed by atoms with Gasteiger partial charge in [-0.2, -0.15) is 0 Å². The van der Waals surface area contributed by atoms with Crippen LogP contribution in [0.5, 0.6) is 0 Å². The molecule has 3 nitrogen and oxygen atoms in total. The van der Waals surface area contributed by atoms with E-state index in [-0.39, 0.29) is 11.8 Å². The number of hydrogen-bond donors (Lipinski definition) is 0. The highest BCUT2D eigenvalue weighted by molar-refractivity contribution is 5.86. The number of piperidine rings is 2. The molecule has 0 aromatic heterocycles. The van der Waals surface area contributed by atoms with Crippen molar-refractivity contribution in [1.82, 2.24) is 4.90 Å². The van der Waals surface area contributed by atoms with Crippen LogP contribution in [0.1, 0.15) is 25.7 Å². The van der Waals surface area contributed by atoms with Gasteiger partial charge in [0, 0.05) is 13.0 Å². The van der Waals surface area contributed by atoms with Gasteiger partial charge in [-0.15, -0.1) is 0 Å². The summed E-state index contributed by atoms with van der Waals surface area (Å²) in [6.07, 6.45) is 4.50. The second kappa shape index (κ2) is 2.31. The Morgan fingerprint density at radius 1 is 1.50 bits per heavy atom. The van der Waals surface area contributed by atoms with Crippen LogP contribution >= 0.6 is 0 Å². The molecule has 1 amide bonds. The number of carbonyl (C=O) groups excluding carboxylic acids is 2. The van der Waals surface area contributed by atoms with Gasteiger partial charge in [-0.1, -0.05) is 0 Å². The minimum absolute atomic E-state index is 0.166. The van der Waals surface area contributed by atoms with Crippen molar-refractivity contribution in [2.75, 3.05) is 7.05 Å². The minimum atomic E-state index is -0.439. The minimum Gasteiger partial charge on any atom is -0.333 e. The van der Waals surface area contributed by atoms with Gasteiger partial charge < -0.3 is 9.69 Å². The number of amides is 1. The van der Waals surface area contributed by atoms with Crippen LogP contribution in [0, 0.1) is 5.92 Å². The van der Waals surface area contributed by atoms with Crippen molar-refractivity contribution in [3.8, 4) is 0 Å². The van der Waals surface area contributed by atoms with Crippen LogP contribution in [0.2, 0.25) is 0 Å². The van der Waals surface area contributed by atoms with E-state index in [1.165, 1.54) is 0 Å². The maximum atomic E-state index is 11.5. The van der Waals surface area contributed by atoms with E-state index in [1.54, 1.807) is 11.9 Å². The average Bonchev–Trinajstić information content (AvgIpc) is 2.14. The van der Waals surface area contributed by atoms with Gasteiger partial charge in [0.2, 0.25) is 5.91 Å². The highest BCUT2D eigenvalue weighted by Crippen LogP contribution is 2.41. The standard InChI is InChI=1S/C9H13NO2/c1-10-8(12)7-2-4-9(10,6-11)5-3-7/h6-7H,2-5H2,1H3. The number of carbonyl (C=O) groups is 2. The zero-order valence-electron chi connectivity index (χ0n) is 7.25.